The zero-order chi connectivity index (χ0) is 14.5. The minimum atomic E-state index is -0.446. The second-order valence-electron chi connectivity index (χ2n) is 6.20. The van der Waals surface area contributed by atoms with Crippen molar-refractivity contribution >= 4 is 6.09 Å². The molecule has 2 N–H and O–H groups in total. The van der Waals surface area contributed by atoms with Gasteiger partial charge >= 0.3 is 6.09 Å². The van der Waals surface area contributed by atoms with Crippen LogP contribution in [0.25, 0.3) is 0 Å². The van der Waals surface area contributed by atoms with Crippen LogP contribution in [0.4, 0.5) is 4.79 Å². The molecular formula is C14H28N2O3. The van der Waals surface area contributed by atoms with E-state index in [0.29, 0.717) is 19.6 Å². The van der Waals surface area contributed by atoms with Crippen LogP contribution in [0, 0.1) is 0 Å². The molecule has 1 heterocycles. The Labute approximate surface area is 116 Å². The summed E-state index contributed by atoms with van der Waals surface area (Å²) >= 11 is 0. The van der Waals surface area contributed by atoms with Crippen LogP contribution in [0.15, 0.2) is 0 Å². The Kier molecular flexibility index (Phi) is 5.62. The molecule has 1 aliphatic heterocycles. The zero-order valence-electron chi connectivity index (χ0n) is 12.7. The number of carbonyl (C=O) groups excluding carboxylic acids is 1. The van der Waals surface area contributed by atoms with Gasteiger partial charge in [-0.05, 0) is 40.0 Å². The van der Waals surface area contributed by atoms with Crippen molar-refractivity contribution < 1.29 is 14.3 Å². The number of likely N-dealkylation sites (tertiary alicyclic amines) is 1. The molecule has 0 aliphatic carbocycles. The number of amides is 1. The monoisotopic (exact) mass is 272 g/mol. The molecule has 1 amide bonds. The molecular weight excluding hydrogens is 244 g/mol. The molecule has 1 fully saturated rings. The fraction of sp³-hybridized carbons (Fsp3) is 0.929. The first-order valence-corrected chi connectivity index (χ1v) is 7.14. The number of nitrogens with two attached hydrogens (primary N) is 1. The Bertz CT molecular complexity index is 292. The van der Waals surface area contributed by atoms with Gasteiger partial charge in [0.05, 0.1) is 5.60 Å². The van der Waals surface area contributed by atoms with Gasteiger partial charge in [0, 0.05) is 26.2 Å². The lowest BCUT2D eigenvalue weighted by molar-refractivity contribution is -0.0781. The molecule has 0 aromatic heterocycles. The summed E-state index contributed by atoms with van der Waals surface area (Å²) in [5, 5.41) is 0. The maximum absolute atomic E-state index is 12.0. The van der Waals surface area contributed by atoms with E-state index >= 15 is 0 Å². The number of ether oxygens (including phenoxy) is 2. The highest BCUT2D eigenvalue weighted by atomic mass is 16.6. The van der Waals surface area contributed by atoms with Gasteiger partial charge in [0.15, 0.2) is 0 Å². The molecule has 112 valence electrons. The molecule has 5 nitrogen and oxygen atoms in total. The van der Waals surface area contributed by atoms with Crippen molar-refractivity contribution in [3.05, 3.63) is 0 Å². The average Bonchev–Trinajstić information content (AvgIpc) is 2.35. The molecule has 0 aromatic rings. The molecule has 0 radical (unpaired) electrons. The van der Waals surface area contributed by atoms with Crippen LogP contribution in [0.3, 0.4) is 0 Å². The molecule has 0 atom stereocenters. The van der Waals surface area contributed by atoms with E-state index < -0.39 is 5.60 Å². The van der Waals surface area contributed by atoms with E-state index in [4.69, 9.17) is 15.2 Å². The topological polar surface area (TPSA) is 64.8 Å². The van der Waals surface area contributed by atoms with Crippen LogP contribution in [0.1, 0.15) is 47.0 Å². The Morgan fingerprint density at radius 1 is 1.32 bits per heavy atom. The first-order chi connectivity index (χ1) is 8.82. The summed E-state index contributed by atoms with van der Waals surface area (Å²) in [4.78, 5) is 13.7. The summed E-state index contributed by atoms with van der Waals surface area (Å²) in [6.45, 7) is 10.3. The van der Waals surface area contributed by atoms with E-state index in [1.807, 2.05) is 20.8 Å². The van der Waals surface area contributed by atoms with E-state index in [0.717, 1.165) is 25.9 Å². The van der Waals surface area contributed by atoms with Gasteiger partial charge in [0.1, 0.15) is 5.60 Å². The molecule has 1 rings (SSSR count). The highest BCUT2D eigenvalue weighted by Crippen LogP contribution is 2.26. The lowest BCUT2D eigenvalue weighted by atomic mass is 9.91. The standard InChI is InChI=1S/C14H28N2O3/c1-5-10-18-14(11-15)6-8-16(9-7-14)12(17)19-13(2,3)4/h5-11,15H2,1-4H3. The van der Waals surface area contributed by atoms with E-state index in [9.17, 15) is 4.79 Å². The molecule has 1 aliphatic rings. The first kappa shape index (κ1) is 16.2. The third kappa shape index (κ3) is 4.99. The van der Waals surface area contributed by atoms with Crippen LogP contribution in [-0.2, 0) is 9.47 Å². The fourth-order valence-corrected chi connectivity index (χ4v) is 2.15. The van der Waals surface area contributed by atoms with Crippen LogP contribution >= 0.6 is 0 Å². The van der Waals surface area contributed by atoms with Gasteiger partial charge in [0.2, 0.25) is 0 Å². The molecule has 0 saturated carbocycles. The van der Waals surface area contributed by atoms with Gasteiger partial charge in [-0.25, -0.2) is 4.79 Å². The molecule has 5 heteroatoms. The van der Waals surface area contributed by atoms with Crippen molar-refractivity contribution in [2.24, 2.45) is 5.73 Å². The SMILES string of the molecule is CCCOC1(CN)CCN(C(=O)OC(C)(C)C)CC1. The Balaban J connectivity index is 2.49. The lowest BCUT2D eigenvalue weighted by Gasteiger charge is -2.41. The van der Waals surface area contributed by atoms with Gasteiger partial charge in [-0.15, -0.1) is 0 Å². The van der Waals surface area contributed by atoms with Gasteiger partial charge in [-0.3, -0.25) is 0 Å². The molecule has 19 heavy (non-hydrogen) atoms. The van der Waals surface area contributed by atoms with Crippen molar-refractivity contribution in [3.8, 4) is 0 Å². The van der Waals surface area contributed by atoms with Gasteiger partial charge < -0.3 is 20.1 Å². The fourth-order valence-electron chi connectivity index (χ4n) is 2.15. The number of carbonyl (C=O) groups is 1. The smallest absolute Gasteiger partial charge is 0.410 e. The third-order valence-corrected chi connectivity index (χ3v) is 3.31. The first-order valence-electron chi connectivity index (χ1n) is 7.14. The third-order valence-electron chi connectivity index (χ3n) is 3.31. The van der Waals surface area contributed by atoms with Crippen LogP contribution in [-0.4, -0.2) is 48.4 Å². The van der Waals surface area contributed by atoms with E-state index in [1.165, 1.54) is 0 Å². The molecule has 0 aromatic carbocycles. The summed E-state index contributed by atoms with van der Waals surface area (Å²) in [7, 11) is 0. The lowest BCUT2D eigenvalue weighted by Crippen LogP contribution is -2.52. The number of hydrogen-bond donors (Lipinski definition) is 1. The summed E-state index contributed by atoms with van der Waals surface area (Å²) in [5.74, 6) is 0. The Morgan fingerprint density at radius 2 is 1.89 bits per heavy atom. The van der Waals surface area contributed by atoms with E-state index in [1.54, 1.807) is 4.90 Å². The number of hydrogen-bond acceptors (Lipinski definition) is 4. The predicted molar refractivity (Wildman–Crippen MR) is 75.1 cm³/mol. The normalized spacial score (nSPS) is 19.3. The molecule has 1 saturated heterocycles. The summed E-state index contributed by atoms with van der Waals surface area (Å²) < 4.78 is 11.3. The molecule has 0 spiro atoms. The summed E-state index contributed by atoms with van der Waals surface area (Å²) in [6.07, 6.45) is 2.30. The number of rotatable bonds is 4. The minimum Gasteiger partial charge on any atom is -0.444 e. The quantitative estimate of drug-likeness (QED) is 0.851. The Morgan fingerprint density at radius 3 is 2.32 bits per heavy atom. The van der Waals surface area contributed by atoms with Gasteiger partial charge in [0.25, 0.3) is 0 Å². The minimum absolute atomic E-state index is 0.242. The molecule has 0 bridgehead atoms. The van der Waals surface area contributed by atoms with E-state index in [-0.39, 0.29) is 11.7 Å². The van der Waals surface area contributed by atoms with Crippen molar-refractivity contribution in [2.75, 3.05) is 26.2 Å². The summed E-state index contributed by atoms with van der Waals surface area (Å²) in [5.41, 5.74) is 5.14. The van der Waals surface area contributed by atoms with Crippen LogP contribution in [0.5, 0.6) is 0 Å². The van der Waals surface area contributed by atoms with E-state index in [2.05, 4.69) is 6.92 Å². The van der Waals surface area contributed by atoms with Gasteiger partial charge in [-0.2, -0.15) is 0 Å². The zero-order valence-corrected chi connectivity index (χ0v) is 12.7. The maximum atomic E-state index is 12.0. The van der Waals surface area contributed by atoms with Crippen molar-refractivity contribution in [1.82, 2.24) is 4.90 Å². The van der Waals surface area contributed by atoms with Gasteiger partial charge in [-0.1, -0.05) is 6.92 Å². The van der Waals surface area contributed by atoms with Crippen LogP contribution in [0.2, 0.25) is 0 Å². The average molecular weight is 272 g/mol. The van der Waals surface area contributed by atoms with Crippen LogP contribution < -0.4 is 5.73 Å². The van der Waals surface area contributed by atoms with Crippen molar-refractivity contribution in [3.63, 3.8) is 0 Å². The Hall–Kier alpha value is -0.810. The second kappa shape index (κ2) is 6.57. The predicted octanol–water partition coefficient (Wildman–Crippen LogP) is 2.14. The van der Waals surface area contributed by atoms with Crippen molar-refractivity contribution in [1.29, 1.82) is 0 Å². The number of piperidine rings is 1. The number of nitrogens with zero attached hydrogens (tertiary/aromatic N) is 1. The summed E-state index contributed by atoms with van der Waals surface area (Å²) in [6, 6.07) is 0. The maximum Gasteiger partial charge on any atom is 0.410 e. The second-order valence-corrected chi connectivity index (χ2v) is 6.20. The highest BCUT2D eigenvalue weighted by Gasteiger charge is 2.36. The van der Waals surface area contributed by atoms with Crippen molar-refractivity contribution in [2.45, 2.75) is 58.2 Å². The molecule has 0 unspecified atom stereocenters. The highest BCUT2D eigenvalue weighted by molar-refractivity contribution is 5.68. The largest absolute Gasteiger partial charge is 0.444 e.